The van der Waals surface area contributed by atoms with Gasteiger partial charge in [-0.3, -0.25) is 0 Å². The van der Waals surface area contributed by atoms with E-state index in [0.29, 0.717) is 13.0 Å². The molecule has 0 bridgehead atoms. The van der Waals surface area contributed by atoms with Crippen molar-refractivity contribution in [2.45, 2.75) is 6.42 Å². The van der Waals surface area contributed by atoms with Crippen LogP contribution < -0.4 is 5.73 Å². The standard InChI is InChI=1S/C3H6N2.H3O4P/c4-2-1-3-5;1-5(2,3)4/h1-2,4H2;(H3,1,2,3,4). The van der Waals surface area contributed by atoms with Crippen LogP contribution in [0.1, 0.15) is 6.42 Å². The Labute approximate surface area is 58.1 Å². The molecular formula is C3H9N2O4P. The van der Waals surface area contributed by atoms with Gasteiger partial charge in [-0.25, -0.2) is 4.57 Å². The summed E-state index contributed by atoms with van der Waals surface area (Å²) in [5.74, 6) is 0. The number of nitrogens with two attached hydrogens (primary N) is 1. The average Bonchev–Trinajstić information content (AvgIpc) is 1.63. The lowest BCUT2D eigenvalue weighted by molar-refractivity contribution is 0.275. The third-order valence-corrected chi connectivity index (χ3v) is 0.256. The highest BCUT2D eigenvalue weighted by Gasteiger charge is 2.00. The van der Waals surface area contributed by atoms with Gasteiger partial charge < -0.3 is 20.4 Å². The van der Waals surface area contributed by atoms with Crippen LogP contribution in [0.3, 0.4) is 0 Å². The van der Waals surface area contributed by atoms with E-state index in [-0.39, 0.29) is 0 Å². The molecule has 0 aliphatic rings. The molecule has 0 aromatic heterocycles. The Balaban J connectivity index is 0. The molecule has 5 N–H and O–H groups in total. The normalized spacial score (nSPS) is 9.10. The van der Waals surface area contributed by atoms with Crippen molar-refractivity contribution in [2.24, 2.45) is 5.73 Å². The van der Waals surface area contributed by atoms with E-state index >= 15 is 0 Å². The van der Waals surface area contributed by atoms with E-state index in [9.17, 15) is 0 Å². The summed E-state index contributed by atoms with van der Waals surface area (Å²) in [4.78, 5) is 21.6. The van der Waals surface area contributed by atoms with E-state index in [1.807, 2.05) is 6.07 Å². The number of nitriles is 1. The molecule has 6 nitrogen and oxygen atoms in total. The van der Waals surface area contributed by atoms with E-state index in [2.05, 4.69) is 0 Å². The molecule has 0 radical (unpaired) electrons. The zero-order chi connectivity index (χ0) is 8.62. The van der Waals surface area contributed by atoms with Gasteiger partial charge in [-0.2, -0.15) is 5.26 Å². The van der Waals surface area contributed by atoms with Crippen molar-refractivity contribution in [2.75, 3.05) is 6.54 Å². The van der Waals surface area contributed by atoms with Gasteiger partial charge in [-0.15, -0.1) is 0 Å². The quantitative estimate of drug-likeness (QED) is 0.369. The lowest BCUT2D eigenvalue weighted by atomic mass is 10.5. The molecule has 0 heterocycles. The maximum absolute atomic E-state index is 8.88. The minimum Gasteiger partial charge on any atom is -0.329 e. The van der Waals surface area contributed by atoms with Crippen LogP contribution in [0.2, 0.25) is 0 Å². The minimum absolute atomic E-state index is 0.472. The van der Waals surface area contributed by atoms with E-state index in [1.165, 1.54) is 0 Å². The molecule has 0 amide bonds. The Morgan fingerprint density at radius 3 is 1.80 bits per heavy atom. The van der Waals surface area contributed by atoms with Crippen LogP contribution in [0, 0.1) is 11.3 Å². The first-order valence-corrected chi connectivity index (χ1v) is 3.83. The first kappa shape index (κ1) is 12.3. The zero-order valence-corrected chi connectivity index (χ0v) is 6.03. The van der Waals surface area contributed by atoms with Crippen molar-refractivity contribution in [3.63, 3.8) is 0 Å². The largest absolute Gasteiger partial charge is 0.466 e. The Bertz CT molecular complexity index is 139. The average molecular weight is 168 g/mol. The topological polar surface area (TPSA) is 128 Å². The van der Waals surface area contributed by atoms with Gasteiger partial charge in [0.2, 0.25) is 0 Å². The predicted octanol–water partition coefficient (Wildman–Crippen LogP) is -1.07. The van der Waals surface area contributed by atoms with E-state index < -0.39 is 7.82 Å². The van der Waals surface area contributed by atoms with Crippen molar-refractivity contribution >= 4 is 7.82 Å². The number of phosphoric acid groups is 1. The van der Waals surface area contributed by atoms with Gasteiger partial charge >= 0.3 is 7.82 Å². The Kier molecular flexibility index (Phi) is 8.18. The molecule has 0 saturated carbocycles. The van der Waals surface area contributed by atoms with Gasteiger partial charge in [0, 0.05) is 13.0 Å². The third kappa shape index (κ3) is 134. The molecule has 0 aromatic carbocycles. The smallest absolute Gasteiger partial charge is 0.329 e. The summed E-state index contributed by atoms with van der Waals surface area (Å²) in [6.07, 6.45) is 0.472. The number of hydrogen-bond acceptors (Lipinski definition) is 3. The molecule has 10 heavy (non-hydrogen) atoms. The second-order valence-corrected chi connectivity index (χ2v) is 2.24. The molecule has 60 valence electrons. The summed E-state index contributed by atoms with van der Waals surface area (Å²) in [5, 5.41) is 7.74. The third-order valence-electron chi connectivity index (χ3n) is 0.256. The van der Waals surface area contributed by atoms with Crippen LogP contribution in [-0.4, -0.2) is 21.2 Å². The maximum Gasteiger partial charge on any atom is 0.466 e. The number of hydrogen-bond donors (Lipinski definition) is 4. The minimum atomic E-state index is -4.64. The van der Waals surface area contributed by atoms with Crippen LogP contribution in [0.25, 0.3) is 0 Å². The van der Waals surface area contributed by atoms with E-state index in [1.54, 1.807) is 0 Å². The summed E-state index contributed by atoms with van der Waals surface area (Å²) >= 11 is 0. The van der Waals surface area contributed by atoms with Crippen molar-refractivity contribution in [1.82, 2.24) is 0 Å². The highest BCUT2D eigenvalue weighted by atomic mass is 31.2. The van der Waals surface area contributed by atoms with Crippen LogP contribution in [0.4, 0.5) is 0 Å². The SMILES string of the molecule is N#CCCN.O=P(O)(O)O. The molecule has 7 heteroatoms. The number of nitrogens with zero attached hydrogens (tertiary/aromatic N) is 1. The monoisotopic (exact) mass is 168 g/mol. The highest BCUT2D eigenvalue weighted by Crippen LogP contribution is 2.25. The molecule has 0 unspecified atom stereocenters. The molecule has 0 saturated heterocycles. The Morgan fingerprint density at radius 1 is 1.50 bits per heavy atom. The van der Waals surface area contributed by atoms with E-state index in [0.717, 1.165) is 0 Å². The van der Waals surface area contributed by atoms with Gasteiger partial charge in [0.1, 0.15) is 0 Å². The number of rotatable bonds is 1. The Hall–Kier alpha value is -0.440. The molecule has 0 fully saturated rings. The van der Waals surface area contributed by atoms with Gasteiger partial charge in [0.05, 0.1) is 6.07 Å². The highest BCUT2D eigenvalue weighted by molar-refractivity contribution is 7.45. The summed E-state index contributed by atoms with van der Waals surface area (Å²) in [6, 6.07) is 1.89. The predicted molar refractivity (Wildman–Crippen MR) is 33.5 cm³/mol. The first-order chi connectivity index (χ1) is 4.41. The fraction of sp³-hybridized carbons (Fsp3) is 0.667. The lowest BCUT2D eigenvalue weighted by Gasteiger charge is -1.82. The van der Waals surface area contributed by atoms with Crippen LogP contribution >= 0.6 is 7.82 Å². The molecule has 0 aliphatic carbocycles. The summed E-state index contributed by atoms with van der Waals surface area (Å²) in [5.41, 5.74) is 4.92. The van der Waals surface area contributed by atoms with Crippen molar-refractivity contribution in [3.05, 3.63) is 0 Å². The first-order valence-electron chi connectivity index (χ1n) is 2.27. The molecular weight excluding hydrogens is 159 g/mol. The van der Waals surface area contributed by atoms with Gasteiger partial charge in [0.15, 0.2) is 0 Å². The molecule has 0 spiro atoms. The van der Waals surface area contributed by atoms with E-state index in [4.69, 9.17) is 30.2 Å². The van der Waals surface area contributed by atoms with Crippen molar-refractivity contribution < 1.29 is 19.2 Å². The van der Waals surface area contributed by atoms with Crippen LogP contribution in [0.5, 0.6) is 0 Å². The summed E-state index contributed by atoms with van der Waals surface area (Å²) in [6.45, 7) is 0.483. The van der Waals surface area contributed by atoms with Crippen molar-refractivity contribution in [1.29, 1.82) is 5.26 Å². The van der Waals surface area contributed by atoms with Crippen molar-refractivity contribution in [3.8, 4) is 6.07 Å². The zero-order valence-electron chi connectivity index (χ0n) is 5.14. The summed E-state index contributed by atoms with van der Waals surface area (Å²) < 4.78 is 8.88. The van der Waals surface area contributed by atoms with Crippen LogP contribution in [0.15, 0.2) is 0 Å². The summed E-state index contributed by atoms with van der Waals surface area (Å²) in [7, 11) is -4.64. The maximum atomic E-state index is 8.88. The Morgan fingerprint density at radius 2 is 1.80 bits per heavy atom. The molecule has 0 atom stereocenters. The van der Waals surface area contributed by atoms with Gasteiger partial charge in [-0.1, -0.05) is 0 Å². The fourth-order valence-corrected chi connectivity index (χ4v) is 0.0645. The van der Waals surface area contributed by atoms with Gasteiger partial charge in [0.25, 0.3) is 0 Å². The second-order valence-electron chi connectivity index (χ2n) is 1.21. The fourth-order valence-electron chi connectivity index (χ4n) is 0.0645. The molecule has 0 rings (SSSR count). The van der Waals surface area contributed by atoms with Gasteiger partial charge in [-0.05, 0) is 0 Å². The second kappa shape index (κ2) is 6.68. The van der Waals surface area contributed by atoms with Crippen LogP contribution in [-0.2, 0) is 4.57 Å². The molecule has 0 aliphatic heterocycles. The molecule has 0 aromatic rings. The lowest BCUT2D eigenvalue weighted by Crippen LogP contribution is -1.94.